The average Bonchev–Trinajstić information content (AvgIpc) is 2.59. The van der Waals surface area contributed by atoms with Gasteiger partial charge in [-0.15, -0.1) is 0 Å². The molecule has 0 aliphatic carbocycles. The smallest absolute Gasteiger partial charge is 0.534 e. The maximum atomic E-state index is 12.3. The van der Waals surface area contributed by atoms with Crippen LogP contribution in [0, 0.1) is 11.3 Å². The first kappa shape index (κ1) is 20.3. The zero-order valence-corrected chi connectivity index (χ0v) is 14.9. The number of ether oxygens (including phenoxy) is 2. The first-order valence-corrected chi connectivity index (χ1v) is 8.33. The molecule has 2 atom stereocenters. The standard InChI is InChI=1S/C17H19BN2O7/c1-10(21)25-11(2)26-17(23)13-6-3-5-12-9-14(18(24)27-16(12)13)20-15(22)7-4-8-19/h3,5-6,11,14,24H,4,7,9H2,1-2H3,(H,20,22). The second-order valence-electron chi connectivity index (χ2n) is 5.92. The fourth-order valence-corrected chi connectivity index (χ4v) is 2.63. The van der Waals surface area contributed by atoms with E-state index in [1.54, 1.807) is 12.1 Å². The van der Waals surface area contributed by atoms with Crippen molar-refractivity contribution in [1.82, 2.24) is 5.32 Å². The maximum Gasteiger partial charge on any atom is 0.547 e. The number of para-hydroxylation sites is 1. The van der Waals surface area contributed by atoms with Gasteiger partial charge in [-0.05, 0) is 18.1 Å². The lowest BCUT2D eigenvalue weighted by atomic mass is 9.72. The summed E-state index contributed by atoms with van der Waals surface area (Å²) in [7, 11) is -1.37. The van der Waals surface area contributed by atoms with Crippen LogP contribution in [0.5, 0.6) is 5.75 Å². The van der Waals surface area contributed by atoms with Crippen molar-refractivity contribution in [2.75, 3.05) is 0 Å². The van der Waals surface area contributed by atoms with Crippen LogP contribution < -0.4 is 9.97 Å². The van der Waals surface area contributed by atoms with Gasteiger partial charge >= 0.3 is 19.1 Å². The third kappa shape index (κ3) is 5.46. The summed E-state index contributed by atoms with van der Waals surface area (Å²) >= 11 is 0. The van der Waals surface area contributed by atoms with E-state index in [0.29, 0.717) is 5.56 Å². The molecule has 1 heterocycles. The predicted molar refractivity (Wildman–Crippen MR) is 92.2 cm³/mol. The number of benzene rings is 1. The van der Waals surface area contributed by atoms with E-state index >= 15 is 0 Å². The topological polar surface area (TPSA) is 135 Å². The van der Waals surface area contributed by atoms with Gasteiger partial charge in [0.05, 0.1) is 12.0 Å². The van der Waals surface area contributed by atoms with Gasteiger partial charge in [0.15, 0.2) is 0 Å². The van der Waals surface area contributed by atoms with Crippen molar-refractivity contribution < 1.29 is 33.5 Å². The molecule has 0 aromatic heterocycles. The molecule has 2 N–H and O–H groups in total. The summed E-state index contributed by atoms with van der Waals surface area (Å²) in [5.74, 6) is -2.31. The van der Waals surface area contributed by atoms with Gasteiger partial charge in [0, 0.05) is 26.7 Å². The number of esters is 2. The Morgan fingerprint density at radius 1 is 1.44 bits per heavy atom. The predicted octanol–water partition coefficient (Wildman–Crippen LogP) is 0.496. The first-order chi connectivity index (χ1) is 12.8. The number of hydrogen-bond acceptors (Lipinski definition) is 8. The van der Waals surface area contributed by atoms with Crippen molar-refractivity contribution in [1.29, 1.82) is 5.26 Å². The Kier molecular flexibility index (Phi) is 6.79. The molecule has 0 bridgehead atoms. The molecule has 0 radical (unpaired) electrons. The number of carbonyl (C=O) groups excluding carboxylic acids is 3. The molecule has 10 heteroatoms. The van der Waals surface area contributed by atoms with Crippen LogP contribution in [0.1, 0.15) is 42.6 Å². The Morgan fingerprint density at radius 3 is 2.85 bits per heavy atom. The minimum Gasteiger partial charge on any atom is -0.534 e. The van der Waals surface area contributed by atoms with Gasteiger partial charge in [-0.25, -0.2) is 4.79 Å². The fraction of sp³-hybridized carbons (Fsp3) is 0.412. The second-order valence-corrected chi connectivity index (χ2v) is 5.92. The van der Waals surface area contributed by atoms with E-state index in [1.807, 2.05) is 6.07 Å². The van der Waals surface area contributed by atoms with E-state index in [2.05, 4.69) is 5.32 Å². The van der Waals surface area contributed by atoms with E-state index < -0.39 is 31.3 Å². The van der Waals surface area contributed by atoms with E-state index in [4.69, 9.17) is 19.4 Å². The lowest BCUT2D eigenvalue weighted by molar-refractivity contribution is -0.162. The summed E-state index contributed by atoms with van der Waals surface area (Å²) in [6.07, 6.45) is -0.753. The van der Waals surface area contributed by atoms with Gasteiger partial charge in [-0.3, -0.25) is 9.59 Å². The third-order valence-corrected chi connectivity index (χ3v) is 3.75. The normalized spacial score (nSPS) is 16.2. The molecule has 1 aliphatic heterocycles. The highest BCUT2D eigenvalue weighted by Gasteiger charge is 2.38. The van der Waals surface area contributed by atoms with Crippen molar-refractivity contribution in [2.45, 2.75) is 45.3 Å². The molecule has 0 spiro atoms. The number of amides is 1. The lowest BCUT2D eigenvalue weighted by Crippen LogP contribution is -2.53. The highest BCUT2D eigenvalue weighted by molar-refractivity contribution is 6.47. The zero-order valence-electron chi connectivity index (χ0n) is 14.9. The van der Waals surface area contributed by atoms with Crippen molar-refractivity contribution in [3.63, 3.8) is 0 Å². The molecule has 9 nitrogen and oxygen atoms in total. The maximum absolute atomic E-state index is 12.3. The van der Waals surface area contributed by atoms with Gasteiger partial charge in [0.1, 0.15) is 11.3 Å². The van der Waals surface area contributed by atoms with E-state index in [-0.39, 0.29) is 36.5 Å². The molecule has 142 valence electrons. The molecule has 0 saturated heterocycles. The zero-order chi connectivity index (χ0) is 20.0. The highest BCUT2D eigenvalue weighted by atomic mass is 16.7. The molecular weight excluding hydrogens is 355 g/mol. The molecular formula is C17H19BN2O7. The minimum absolute atomic E-state index is 0.0208. The molecule has 2 rings (SSSR count). The van der Waals surface area contributed by atoms with Crippen LogP contribution in [-0.2, 0) is 25.5 Å². The number of nitriles is 1. The summed E-state index contributed by atoms with van der Waals surface area (Å²) in [6.45, 7) is 2.59. The highest BCUT2D eigenvalue weighted by Crippen LogP contribution is 2.31. The van der Waals surface area contributed by atoms with Crippen LogP contribution in [-0.4, -0.2) is 42.2 Å². The molecule has 1 amide bonds. The number of nitrogens with one attached hydrogen (secondary N) is 1. The minimum atomic E-state index is -1.37. The lowest BCUT2D eigenvalue weighted by Gasteiger charge is -2.29. The third-order valence-electron chi connectivity index (χ3n) is 3.75. The number of hydrogen-bond donors (Lipinski definition) is 2. The summed E-state index contributed by atoms with van der Waals surface area (Å²) in [4.78, 5) is 35.0. The van der Waals surface area contributed by atoms with E-state index in [1.165, 1.54) is 19.9 Å². The average molecular weight is 374 g/mol. The number of rotatable bonds is 6. The molecule has 1 aromatic rings. The van der Waals surface area contributed by atoms with E-state index in [0.717, 1.165) is 0 Å². The van der Waals surface area contributed by atoms with Crippen LogP contribution in [0.4, 0.5) is 0 Å². The van der Waals surface area contributed by atoms with Crippen LogP contribution >= 0.6 is 0 Å². The number of carbonyl (C=O) groups is 3. The number of fused-ring (bicyclic) bond motifs is 1. The van der Waals surface area contributed by atoms with E-state index in [9.17, 15) is 19.4 Å². The summed E-state index contributed by atoms with van der Waals surface area (Å²) in [5, 5.41) is 21.3. The van der Waals surface area contributed by atoms with Gasteiger partial charge in [-0.1, -0.05) is 12.1 Å². The summed E-state index contributed by atoms with van der Waals surface area (Å²) in [5.41, 5.74) is 0.667. The molecule has 1 aliphatic rings. The van der Waals surface area contributed by atoms with Crippen molar-refractivity contribution >= 4 is 25.0 Å². The quantitative estimate of drug-likeness (QED) is 0.417. The largest absolute Gasteiger partial charge is 0.547 e. The summed E-state index contributed by atoms with van der Waals surface area (Å²) < 4.78 is 15.2. The Morgan fingerprint density at radius 2 is 2.19 bits per heavy atom. The molecule has 0 saturated carbocycles. The monoisotopic (exact) mass is 374 g/mol. The SMILES string of the molecule is CC(=O)OC(C)OC(=O)c1cccc2c1OB(O)C(NC(=O)CCC#N)C2. The number of nitrogens with zero attached hydrogens (tertiary/aromatic N) is 1. The van der Waals surface area contributed by atoms with Crippen LogP contribution in [0.25, 0.3) is 0 Å². The van der Waals surface area contributed by atoms with Crippen LogP contribution in [0.3, 0.4) is 0 Å². The van der Waals surface area contributed by atoms with Crippen molar-refractivity contribution in [3.8, 4) is 11.8 Å². The Hall–Kier alpha value is -3.06. The second kappa shape index (κ2) is 9.05. The van der Waals surface area contributed by atoms with Crippen LogP contribution in [0.15, 0.2) is 18.2 Å². The first-order valence-electron chi connectivity index (χ1n) is 8.33. The van der Waals surface area contributed by atoms with Crippen LogP contribution in [0.2, 0.25) is 0 Å². The van der Waals surface area contributed by atoms with Gasteiger partial charge in [-0.2, -0.15) is 5.26 Å². The van der Waals surface area contributed by atoms with Gasteiger partial charge < -0.3 is 24.5 Å². The van der Waals surface area contributed by atoms with Crippen molar-refractivity contribution in [3.05, 3.63) is 29.3 Å². The molecule has 0 fully saturated rings. The van der Waals surface area contributed by atoms with Gasteiger partial charge in [0.2, 0.25) is 12.2 Å². The summed E-state index contributed by atoms with van der Waals surface area (Å²) in [6, 6.07) is 6.64. The Labute approximate surface area is 156 Å². The molecule has 1 aromatic carbocycles. The van der Waals surface area contributed by atoms with Gasteiger partial charge in [0.25, 0.3) is 0 Å². The van der Waals surface area contributed by atoms with Crippen molar-refractivity contribution in [2.24, 2.45) is 0 Å². The fourth-order valence-electron chi connectivity index (χ4n) is 2.63. The Balaban J connectivity index is 2.11. The molecule has 27 heavy (non-hydrogen) atoms. The Bertz CT molecular complexity index is 777. The molecule has 2 unspecified atom stereocenters.